The molecule has 6 nitrogen and oxygen atoms in total. The number of rotatable bonds is 4. The van der Waals surface area contributed by atoms with E-state index in [9.17, 15) is 0 Å². The van der Waals surface area contributed by atoms with Crippen LogP contribution in [0.25, 0.3) is 0 Å². The second kappa shape index (κ2) is 3.93. The minimum atomic E-state index is -1.91. The van der Waals surface area contributed by atoms with Crippen molar-refractivity contribution in [1.82, 2.24) is 29.3 Å². The molecule has 0 aromatic carbocycles. The zero-order valence-electron chi connectivity index (χ0n) is 8.91. The molecule has 0 N–H and O–H groups in total. The molecule has 15 heavy (non-hydrogen) atoms. The first-order valence-electron chi connectivity index (χ1n) is 5.07. The predicted octanol–water partition coefficient (Wildman–Crippen LogP) is 0.748. The molecule has 80 valence electrons. The van der Waals surface area contributed by atoms with Gasteiger partial charge in [-0.05, 0) is 12.1 Å². The van der Waals surface area contributed by atoms with Crippen molar-refractivity contribution in [3.63, 3.8) is 0 Å². The van der Waals surface area contributed by atoms with E-state index in [-0.39, 0.29) is 0 Å². The number of aromatic nitrogens is 6. The fraction of sp³-hybridized carbons (Fsp3) is 0.500. The van der Waals surface area contributed by atoms with Crippen LogP contribution in [0.4, 0.5) is 0 Å². The molecule has 0 saturated heterocycles. The van der Waals surface area contributed by atoms with Gasteiger partial charge in [0.2, 0.25) is 0 Å². The lowest BCUT2D eigenvalue weighted by Crippen LogP contribution is -2.51. The third-order valence-electron chi connectivity index (χ3n) is 2.83. The van der Waals surface area contributed by atoms with Gasteiger partial charge in [0.15, 0.2) is 0 Å². The van der Waals surface area contributed by atoms with Crippen LogP contribution >= 0.6 is 0 Å². The van der Waals surface area contributed by atoms with Crippen LogP contribution in [0.5, 0.6) is 0 Å². The lowest BCUT2D eigenvalue weighted by Gasteiger charge is -2.27. The number of hydrogen-bond donors (Lipinski definition) is 0. The van der Waals surface area contributed by atoms with Gasteiger partial charge >= 0.3 is 8.40 Å². The molecule has 2 heterocycles. The minimum Gasteiger partial charge on any atom is -0.258 e. The first-order valence-corrected chi connectivity index (χ1v) is 7.38. The molecule has 2 aromatic rings. The molecule has 0 atom stereocenters. The highest BCUT2D eigenvalue weighted by molar-refractivity contribution is 6.76. The summed E-state index contributed by atoms with van der Waals surface area (Å²) in [7, 11) is -1.91. The van der Waals surface area contributed by atoms with E-state index < -0.39 is 8.40 Å². The first kappa shape index (κ1) is 10.0. The van der Waals surface area contributed by atoms with E-state index in [4.69, 9.17) is 0 Å². The van der Waals surface area contributed by atoms with Crippen LogP contribution in [0.15, 0.2) is 24.8 Å². The molecule has 2 aromatic heterocycles. The van der Waals surface area contributed by atoms with Crippen molar-refractivity contribution in [1.29, 1.82) is 0 Å². The predicted molar refractivity (Wildman–Crippen MR) is 57.6 cm³/mol. The highest BCUT2D eigenvalue weighted by atomic mass is 28.3. The standard InChI is InChI=1S/C8H14N6Si/c1-3-15(4-2,13-7-5-9-11-13)14-8-6-10-12-14/h5-8H,3-4H2,1-2H3. The van der Waals surface area contributed by atoms with Crippen molar-refractivity contribution >= 4 is 8.40 Å². The molecule has 0 bridgehead atoms. The highest BCUT2D eigenvalue weighted by Crippen LogP contribution is 2.17. The maximum Gasteiger partial charge on any atom is 0.313 e. The fourth-order valence-electron chi connectivity index (χ4n) is 1.86. The van der Waals surface area contributed by atoms with Gasteiger partial charge in [-0.25, -0.2) is 0 Å². The summed E-state index contributed by atoms with van der Waals surface area (Å²) in [6.07, 6.45) is 7.26. The van der Waals surface area contributed by atoms with Gasteiger partial charge in [-0.1, -0.05) is 24.3 Å². The van der Waals surface area contributed by atoms with Crippen LogP contribution in [0.2, 0.25) is 12.1 Å². The monoisotopic (exact) mass is 222 g/mol. The molecule has 0 fully saturated rings. The van der Waals surface area contributed by atoms with Gasteiger partial charge in [-0.3, -0.25) is 8.69 Å². The Hall–Kier alpha value is -1.50. The maximum absolute atomic E-state index is 4.13. The molecule has 0 aliphatic carbocycles. The zero-order valence-corrected chi connectivity index (χ0v) is 9.91. The Balaban J connectivity index is 2.50. The maximum atomic E-state index is 4.13. The van der Waals surface area contributed by atoms with E-state index in [0.717, 1.165) is 12.1 Å². The molecular weight excluding hydrogens is 208 g/mol. The van der Waals surface area contributed by atoms with Gasteiger partial charge in [0, 0.05) is 12.4 Å². The third-order valence-corrected chi connectivity index (χ3v) is 7.28. The summed E-state index contributed by atoms with van der Waals surface area (Å²) in [6, 6.07) is 2.05. The van der Waals surface area contributed by atoms with Crippen molar-refractivity contribution in [2.75, 3.05) is 0 Å². The van der Waals surface area contributed by atoms with Crippen LogP contribution in [0.3, 0.4) is 0 Å². The van der Waals surface area contributed by atoms with Crippen molar-refractivity contribution < 1.29 is 0 Å². The van der Waals surface area contributed by atoms with Gasteiger partial charge < -0.3 is 0 Å². The average Bonchev–Trinajstić information content (AvgIpc) is 2.92. The van der Waals surface area contributed by atoms with E-state index in [1.165, 1.54) is 0 Å². The Kier molecular flexibility index (Phi) is 2.63. The summed E-state index contributed by atoms with van der Waals surface area (Å²) in [5.41, 5.74) is 0. The largest absolute Gasteiger partial charge is 0.313 e. The topological polar surface area (TPSA) is 61.4 Å². The summed E-state index contributed by atoms with van der Waals surface area (Å²) in [5, 5.41) is 16.0. The molecule has 0 unspecified atom stereocenters. The van der Waals surface area contributed by atoms with Crippen LogP contribution < -0.4 is 0 Å². The highest BCUT2D eigenvalue weighted by Gasteiger charge is 2.37. The molecule has 0 spiro atoms. The van der Waals surface area contributed by atoms with Crippen molar-refractivity contribution in [2.24, 2.45) is 0 Å². The van der Waals surface area contributed by atoms with Crippen molar-refractivity contribution in [3.8, 4) is 0 Å². The van der Waals surface area contributed by atoms with E-state index in [1.807, 2.05) is 21.1 Å². The van der Waals surface area contributed by atoms with Gasteiger partial charge in [-0.15, -0.1) is 10.2 Å². The van der Waals surface area contributed by atoms with E-state index in [0.29, 0.717) is 0 Å². The molecule has 0 amide bonds. The summed E-state index contributed by atoms with van der Waals surface area (Å²) in [6.45, 7) is 4.33. The molecule has 0 radical (unpaired) electrons. The van der Waals surface area contributed by atoms with E-state index in [1.54, 1.807) is 12.4 Å². The van der Waals surface area contributed by atoms with Crippen LogP contribution in [-0.4, -0.2) is 37.7 Å². The van der Waals surface area contributed by atoms with Crippen LogP contribution in [0, 0.1) is 0 Å². The Bertz CT molecular complexity index is 354. The quantitative estimate of drug-likeness (QED) is 0.716. The van der Waals surface area contributed by atoms with Crippen molar-refractivity contribution in [2.45, 2.75) is 25.9 Å². The lowest BCUT2D eigenvalue weighted by molar-refractivity contribution is 0.731. The molecular formula is C8H14N6Si. The van der Waals surface area contributed by atoms with E-state index >= 15 is 0 Å². The SMILES string of the molecule is CC[Si](CC)(n1ccnn1)n1ccnn1. The number of nitrogens with zero attached hydrogens (tertiary/aromatic N) is 6. The normalized spacial score (nSPS) is 11.9. The minimum absolute atomic E-state index is 1.02. The Morgan fingerprint density at radius 3 is 1.67 bits per heavy atom. The van der Waals surface area contributed by atoms with Gasteiger partial charge in [0.05, 0.1) is 12.4 Å². The van der Waals surface area contributed by atoms with Crippen LogP contribution in [-0.2, 0) is 0 Å². The Morgan fingerprint density at radius 1 is 0.933 bits per heavy atom. The summed E-state index contributed by atoms with van der Waals surface area (Å²) in [4.78, 5) is 0. The first-order chi connectivity index (χ1) is 7.33. The zero-order chi connectivity index (χ0) is 10.7. The summed E-state index contributed by atoms with van der Waals surface area (Å²) < 4.78 is 3.95. The number of hydrogen-bond acceptors (Lipinski definition) is 4. The van der Waals surface area contributed by atoms with Gasteiger partial charge in [0.1, 0.15) is 0 Å². The Morgan fingerprint density at radius 2 is 1.40 bits per heavy atom. The molecule has 0 saturated carbocycles. The fourth-order valence-corrected chi connectivity index (χ4v) is 4.99. The van der Waals surface area contributed by atoms with Gasteiger partial charge in [-0.2, -0.15) is 0 Å². The molecule has 0 aliphatic heterocycles. The average molecular weight is 222 g/mol. The molecule has 0 aliphatic rings. The van der Waals surface area contributed by atoms with Gasteiger partial charge in [0.25, 0.3) is 0 Å². The lowest BCUT2D eigenvalue weighted by atomic mass is 10.9. The van der Waals surface area contributed by atoms with Crippen LogP contribution in [0.1, 0.15) is 13.8 Å². The smallest absolute Gasteiger partial charge is 0.258 e. The second-order valence-corrected chi connectivity index (χ2v) is 7.68. The molecule has 2 rings (SSSR count). The Labute approximate surface area is 89.1 Å². The summed E-state index contributed by atoms with van der Waals surface area (Å²) in [5.74, 6) is 0. The summed E-state index contributed by atoms with van der Waals surface area (Å²) >= 11 is 0. The second-order valence-electron chi connectivity index (χ2n) is 3.38. The molecule has 7 heteroatoms. The van der Waals surface area contributed by atoms with E-state index in [2.05, 4.69) is 34.5 Å². The third kappa shape index (κ3) is 1.48. The van der Waals surface area contributed by atoms with Crippen molar-refractivity contribution in [3.05, 3.63) is 24.8 Å².